The molecule has 0 radical (unpaired) electrons. The van der Waals surface area contributed by atoms with Crippen LogP contribution in [-0.2, 0) is 25.8 Å². The molecule has 0 fully saturated rings. The summed E-state index contributed by atoms with van der Waals surface area (Å²) in [5.41, 5.74) is 7.07. The lowest BCUT2D eigenvalue weighted by atomic mass is 9.95. The predicted octanol–water partition coefficient (Wildman–Crippen LogP) is 9.06. The number of amides is 2. The van der Waals surface area contributed by atoms with Crippen LogP contribution >= 0.6 is 0 Å². The summed E-state index contributed by atoms with van der Waals surface area (Å²) in [7, 11) is 1.42. The van der Waals surface area contributed by atoms with Gasteiger partial charge >= 0.3 is 0 Å². The summed E-state index contributed by atoms with van der Waals surface area (Å²) in [6.07, 6.45) is 15.5. The fraction of sp³-hybridized carbons (Fsp3) is 0.385. The Morgan fingerprint density at radius 3 is 2.19 bits per heavy atom. The van der Waals surface area contributed by atoms with E-state index in [0.717, 1.165) is 58.5 Å². The number of ether oxygens (including phenoxy) is 1. The summed E-state index contributed by atoms with van der Waals surface area (Å²) in [6.45, 7) is 24.5. The maximum Gasteiger partial charge on any atom is 0.219 e. The second kappa shape index (κ2) is 21.3. The first-order valence-electron chi connectivity index (χ1n) is 16.0. The number of rotatable bonds is 18. The van der Waals surface area contributed by atoms with Gasteiger partial charge in [-0.05, 0) is 94.4 Å². The first-order valence-corrected chi connectivity index (χ1v) is 16.0. The molecule has 47 heavy (non-hydrogen) atoms. The molecule has 8 heteroatoms. The van der Waals surface area contributed by atoms with E-state index in [9.17, 15) is 9.59 Å². The van der Waals surface area contributed by atoms with Gasteiger partial charge < -0.3 is 14.9 Å². The van der Waals surface area contributed by atoms with Crippen LogP contribution in [0.4, 0.5) is 5.69 Å². The van der Waals surface area contributed by atoms with Gasteiger partial charge in [-0.25, -0.2) is 4.99 Å². The predicted molar refractivity (Wildman–Crippen MR) is 197 cm³/mol. The molecule has 2 amide bonds. The molecular formula is C39H54N4O4. The van der Waals surface area contributed by atoms with Crippen LogP contribution in [-0.4, -0.2) is 37.2 Å². The Bertz CT molecular complexity index is 1430. The molecule has 254 valence electrons. The van der Waals surface area contributed by atoms with Crippen molar-refractivity contribution in [1.82, 2.24) is 5.32 Å². The Morgan fingerprint density at radius 2 is 1.70 bits per heavy atom. The summed E-state index contributed by atoms with van der Waals surface area (Å²) in [6, 6.07) is 7.82. The summed E-state index contributed by atoms with van der Waals surface area (Å²) in [4.78, 5) is 35.2. The zero-order valence-electron chi connectivity index (χ0n) is 29.9. The SMILES string of the molecule is C=C/C=C(C(=C/C)\C(C)=C\C=C(/C=C)C/C(C)=C(\CCC)N=C(CC)N(C=O)c1ccc(COC(C)(C)C)cc1)/C(=N/OC)NC=O. The smallest absolute Gasteiger partial charge is 0.219 e. The van der Waals surface area contributed by atoms with Gasteiger partial charge in [0.15, 0.2) is 5.84 Å². The van der Waals surface area contributed by atoms with Gasteiger partial charge in [0.05, 0.1) is 12.2 Å². The summed E-state index contributed by atoms with van der Waals surface area (Å²) >= 11 is 0. The number of benzene rings is 1. The van der Waals surface area contributed by atoms with Crippen molar-refractivity contribution in [2.45, 2.75) is 93.3 Å². The minimum atomic E-state index is -0.230. The summed E-state index contributed by atoms with van der Waals surface area (Å²) in [5.74, 6) is 0.955. The molecule has 0 aliphatic carbocycles. The van der Waals surface area contributed by atoms with Crippen molar-refractivity contribution in [3.8, 4) is 0 Å². The quantitative estimate of drug-likeness (QED) is 0.0568. The monoisotopic (exact) mass is 642 g/mol. The van der Waals surface area contributed by atoms with Gasteiger partial charge in [0, 0.05) is 23.4 Å². The minimum absolute atomic E-state index is 0.230. The van der Waals surface area contributed by atoms with Crippen LogP contribution in [0.15, 0.2) is 118 Å². The van der Waals surface area contributed by atoms with Gasteiger partial charge in [-0.1, -0.05) is 87.2 Å². The van der Waals surface area contributed by atoms with Crippen LogP contribution in [0, 0.1) is 0 Å². The van der Waals surface area contributed by atoms with Crippen molar-refractivity contribution >= 4 is 30.2 Å². The lowest BCUT2D eigenvalue weighted by Crippen LogP contribution is -2.29. The number of allylic oxidation sites excluding steroid dienone is 10. The molecule has 0 atom stereocenters. The molecule has 1 aromatic rings. The number of anilines is 1. The van der Waals surface area contributed by atoms with E-state index in [4.69, 9.17) is 14.6 Å². The third-order valence-corrected chi connectivity index (χ3v) is 7.03. The number of amidine groups is 2. The number of oxime groups is 1. The Hall–Kier alpha value is -4.56. The second-order valence-corrected chi connectivity index (χ2v) is 11.8. The van der Waals surface area contributed by atoms with Gasteiger partial charge in [0.25, 0.3) is 0 Å². The van der Waals surface area contributed by atoms with Crippen molar-refractivity contribution in [3.05, 3.63) is 113 Å². The number of aliphatic imine (C=N–C) groups is 1. The molecule has 0 unspecified atom stereocenters. The highest BCUT2D eigenvalue weighted by atomic mass is 16.6. The molecule has 1 aromatic carbocycles. The van der Waals surface area contributed by atoms with Crippen LogP contribution in [0.2, 0.25) is 0 Å². The first-order chi connectivity index (χ1) is 22.4. The number of nitrogens with one attached hydrogen (secondary N) is 1. The molecule has 0 saturated carbocycles. The number of carbonyl (C=O) groups is 2. The molecule has 0 aliphatic heterocycles. The lowest BCUT2D eigenvalue weighted by molar-refractivity contribution is -0.108. The number of hydrogen-bond acceptors (Lipinski definition) is 6. The molecule has 0 aromatic heterocycles. The van der Waals surface area contributed by atoms with Crippen LogP contribution in [0.5, 0.6) is 0 Å². The zero-order valence-corrected chi connectivity index (χ0v) is 29.9. The van der Waals surface area contributed by atoms with Gasteiger partial charge in [-0.3, -0.25) is 14.5 Å². The maximum absolute atomic E-state index is 12.3. The van der Waals surface area contributed by atoms with Gasteiger partial charge in [-0.2, -0.15) is 0 Å². The maximum atomic E-state index is 12.3. The second-order valence-electron chi connectivity index (χ2n) is 11.8. The molecule has 0 saturated heterocycles. The molecule has 0 bridgehead atoms. The number of carbonyl (C=O) groups excluding carboxylic acids is 2. The van der Waals surface area contributed by atoms with Crippen molar-refractivity contribution in [3.63, 3.8) is 0 Å². The van der Waals surface area contributed by atoms with Crippen LogP contribution in [0.1, 0.15) is 86.6 Å². The lowest BCUT2D eigenvalue weighted by Gasteiger charge is -2.22. The van der Waals surface area contributed by atoms with Gasteiger partial charge in [0.2, 0.25) is 12.8 Å². The van der Waals surface area contributed by atoms with Crippen LogP contribution < -0.4 is 10.2 Å². The number of hydrogen-bond donors (Lipinski definition) is 1. The number of nitrogens with zero attached hydrogens (tertiary/aromatic N) is 3. The van der Waals surface area contributed by atoms with Crippen LogP contribution in [0.3, 0.4) is 0 Å². The highest BCUT2D eigenvalue weighted by Gasteiger charge is 2.16. The van der Waals surface area contributed by atoms with E-state index in [2.05, 4.69) is 37.5 Å². The van der Waals surface area contributed by atoms with Crippen molar-refractivity contribution in [2.75, 3.05) is 12.0 Å². The minimum Gasteiger partial charge on any atom is -0.397 e. The Balaban J connectivity index is 3.45. The average molecular weight is 643 g/mol. The molecule has 8 nitrogen and oxygen atoms in total. The van der Waals surface area contributed by atoms with Crippen molar-refractivity contribution in [1.29, 1.82) is 0 Å². The fourth-order valence-corrected chi connectivity index (χ4v) is 4.62. The largest absolute Gasteiger partial charge is 0.397 e. The van der Waals surface area contributed by atoms with E-state index in [-0.39, 0.29) is 11.4 Å². The zero-order chi connectivity index (χ0) is 35.4. The van der Waals surface area contributed by atoms with Gasteiger partial charge in [0.1, 0.15) is 12.9 Å². The molecule has 1 rings (SSSR count). The van der Waals surface area contributed by atoms with E-state index in [1.54, 1.807) is 17.1 Å². The Morgan fingerprint density at radius 1 is 1.02 bits per heavy atom. The first kappa shape index (κ1) is 40.5. The Labute approximate surface area is 282 Å². The summed E-state index contributed by atoms with van der Waals surface area (Å²) < 4.78 is 5.89. The third-order valence-electron chi connectivity index (χ3n) is 7.03. The molecule has 0 spiro atoms. The standard InChI is InChI=1S/C39H54N4O4/c1-12-17-35(38(40-27-44)42-46-11)34(15-4)29(6)19-20-31(14-3)25-30(7)36(18-13-2)41-37(16-5)43(28-45)33-23-21-32(22-24-33)26-47-39(8,9)10/h12,14-15,17,19-24,27-28H,1,3,13,16,18,25-26H2,2,4-11H3,(H,40,42,44)/b29-19+,31-20+,34-15-,35-17+,36-30+,41-37?. The highest BCUT2D eigenvalue weighted by molar-refractivity contribution is 6.10. The van der Waals surface area contributed by atoms with Crippen molar-refractivity contribution < 1.29 is 19.2 Å². The molecular weight excluding hydrogens is 588 g/mol. The normalized spacial score (nSPS) is 14.3. The van der Waals surface area contributed by atoms with E-state index in [1.165, 1.54) is 7.11 Å². The summed E-state index contributed by atoms with van der Waals surface area (Å²) in [5, 5.41) is 6.57. The van der Waals surface area contributed by atoms with E-state index in [0.29, 0.717) is 37.3 Å². The van der Waals surface area contributed by atoms with E-state index >= 15 is 0 Å². The van der Waals surface area contributed by atoms with Crippen molar-refractivity contribution in [2.24, 2.45) is 10.1 Å². The molecule has 1 N–H and O–H groups in total. The van der Waals surface area contributed by atoms with Gasteiger partial charge in [-0.15, -0.1) is 0 Å². The molecule has 0 heterocycles. The fourth-order valence-electron chi connectivity index (χ4n) is 4.62. The Kier molecular flexibility index (Phi) is 18.3. The van der Waals surface area contributed by atoms with Crippen LogP contribution in [0.25, 0.3) is 0 Å². The topological polar surface area (TPSA) is 92.6 Å². The highest BCUT2D eigenvalue weighted by Crippen LogP contribution is 2.25. The molecule has 0 aliphatic rings. The average Bonchev–Trinajstić information content (AvgIpc) is 3.05. The third kappa shape index (κ3) is 13.8. The van der Waals surface area contributed by atoms with E-state index in [1.807, 2.05) is 90.1 Å². The van der Waals surface area contributed by atoms with E-state index < -0.39 is 0 Å².